The minimum atomic E-state index is 0.554. The average Bonchev–Trinajstić information content (AvgIpc) is 2.75. The third-order valence-corrected chi connectivity index (χ3v) is 2.98. The fourth-order valence-electron chi connectivity index (χ4n) is 1.78. The third kappa shape index (κ3) is 1.86. The number of ether oxygens (including phenoxy) is 2. The highest BCUT2D eigenvalue weighted by Crippen LogP contribution is 2.39. The van der Waals surface area contributed by atoms with Gasteiger partial charge < -0.3 is 19.6 Å². The SMILES string of the molecule is Nc1cc2c(cc1-c1ccc(Br)o1)OCCO2. The third-order valence-electron chi connectivity index (χ3n) is 2.55. The Bertz CT molecular complexity index is 565. The molecule has 4 nitrogen and oxygen atoms in total. The molecule has 0 saturated heterocycles. The fourth-order valence-corrected chi connectivity index (χ4v) is 2.08. The van der Waals surface area contributed by atoms with Crippen LogP contribution in [-0.4, -0.2) is 13.2 Å². The number of rotatable bonds is 1. The van der Waals surface area contributed by atoms with E-state index in [0.717, 1.165) is 5.56 Å². The van der Waals surface area contributed by atoms with Crippen LogP contribution in [-0.2, 0) is 0 Å². The van der Waals surface area contributed by atoms with E-state index in [9.17, 15) is 0 Å². The maximum absolute atomic E-state index is 5.98. The molecule has 2 N–H and O–H groups in total. The first-order valence-corrected chi connectivity index (χ1v) is 5.98. The molecule has 0 amide bonds. The quantitative estimate of drug-likeness (QED) is 0.822. The van der Waals surface area contributed by atoms with Crippen LogP contribution in [0.25, 0.3) is 11.3 Å². The van der Waals surface area contributed by atoms with Gasteiger partial charge in [0, 0.05) is 17.3 Å². The molecule has 2 aromatic rings. The van der Waals surface area contributed by atoms with Crippen LogP contribution in [0.3, 0.4) is 0 Å². The molecule has 5 heteroatoms. The van der Waals surface area contributed by atoms with E-state index in [-0.39, 0.29) is 0 Å². The molecule has 2 heterocycles. The van der Waals surface area contributed by atoms with Gasteiger partial charge in [-0.05, 0) is 34.1 Å². The molecule has 0 aliphatic carbocycles. The van der Waals surface area contributed by atoms with Gasteiger partial charge in [0.25, 0.3) is 0 Å². The number of anilines is 1. The topological polar surface area (TPSA) is 57.6 Å². The highest BCUT2D eigenvalue weighted by Gasteiger charge is 2.17. The molecule has 0 fully saturated rings. The van der Waals surface area contributed by atoms with Gasteiger partial charge in [-0.3, -0.25) is 0 Å². The minimum absolute atomic E-state index is 0.554. The van der Waals surface area contributed by atoms with E-state index in [1.807, 2.05) is 18.2 Å². The molecule has 1 aliphatic rings. The summed E-state index contributed by atoms with van der Waals surface area (Å²) in [6.07, 6.45) is 0. The predicted octanol–water partition coefficient (Wildman–Crippen LogP) is 3.06. The molecule has 1 aromatic carbocycles. The molecule has 0 saturated carbocycles. The normalized spacial score (nSPS) is 13.7. The maximum Gasteiger partial charge on any atom is 0.169 e. The summed E-state index contributed by atoms with van der Waals surface area (Å²) < 4.78 is 17.1. The van der Waals surface area contributed by atoms with E-state index in [1.54, 1.807) is 6.07 Å². The van der Waals surface area contributed by atoms with Crippen molar-refractivity contribution in [2.24, 2.45) is 0 Å². The number of halogens is 1. The van der Waals surface area contributed by atoms with Gasteiger partial charge in [0.15, 0.2) is 16.2 Å². The van der Waals surface area contributed by atoms with Gasteiger partial charge in [-0.15, -0.1) is 0 Å². The Morgan fingerprint density at radius 1 is 1.06 bits per heavy atom. The van der Waals surface area contributed by atoms with Crippen molar-refractivity contribution in [3.63, 3.8) is 0 Å². The van der Waals surface area contributed by atoms with E-state index >= 15 is 0 Å². The van der Waals surface area contributed by atoms with Crippen LogP contribution in [0.2, 0.25) is 0 Å². The van der Waals surface area contributed by atoms with Crippen LogP contribution < -0.4 is 15.2 Å². The highest BCUT2D eigenvalue weighted by molar-refractivity contribution is 9.10. The Morgan fingerprint density at radius 3 is 2.41 bits per heavy atom. The summed E-state index contributed by atoms with van der Waals surface area (Å²) >= 11 is 3.27. The highest BCUT2D eigenvalue weighted by atomic mass is 79.9. The summed E-state index contributed by atoms with van der Waals surface area (Å²) in [5.74, 6) is 2.09. The molecular formula is C12H10BrNO3. The molecule has 1 aromatic heterocycles. The van der Waals surface area contributed by atoms with Gasteiger partial charge in [-0.25, -0.2) is 0 Å². The number of furan rings is 1. The van der Waals surface area contributed by atoms with Crippen LogP contribution in [0.15, 0.2) is 33.4 Å². The average molecular weight is 296 g/mol. The first-order valence-electron chi connectivity index (χ1n) is 5.19. The Hall–Kier alpha value is -1.62. The largest absolute Gasteiger partial charge is 0.486 e. The molecule has 0 spiro atoms. The van der Waals surface area contributed by atoms with Crippen molar-refractivity contribution in [1.82, 2.24) is 0 Å². The van der Waals surface area contributed by atoms with Crippen LogP contribution >= 0.6 is 15.9 Å². The Labute approximate surface area is 106 Å². The van der Waals surface area contributed by atoms with E-state index in [2.05, 4.69) is 15.9 Å². The van der Waals surface area contributed by atoms with Crippen LogP contribution in [0.5, 0.6) is 11.5 Å². The second kappa shape index (κ2) is 4.00. The van der Waals surface area contributed by atoms with Gasteiger partial charge in [0.1, 0.15) is 19.0 Å². The zero-order valence-corrected chi connectivity index (χ0v) is 10.5. The monoisotopic (exact) mass is 295 g/mol. The van der Waals surface area contributed by atoms with Crippen LogP contribution in [0, 0.1) is 0 Å². The van der Waals surface area contributed by atoms with Crippen molar-refractivity contribution >= 4 is 21.6 Å². The summed E-state index contributed by atoms with van der Waals surface area (Å²) in [6.45, 7) is 1.11. The smallest absolute Gasteiger partial charge is 0.169 e. The number of fused-ring (bicyclic) bond motifs is 1. The summed E-state index contributed by atoms with van der Waals surface area (Å²) in [5.41, 5.74) is 7.39. The summed E-state index contributed by atoms with van der Waals surface area (Å²) in [6, 6.07) is 7.28. The standard InChI is InChI=1S/C12H10BrNO3/c13-12-2-1-9(17-12)7-5-10-11(6-8(7)14)16-4-3-15-10/h1-2,5-6H,3-4,14H2. The first kappa shape index (κ1) is 10.5. The predicted molar refractivity (Wildman–Crippen MR) is 67.2 cm³/mol. The fraction of sp³-hybridized carbons (Fsp3) is 0.167. The van der Waals surface area contributed by atoms with Gasteiger partial charge >= 0.3 is 0 Å². The molecule has 1 aliphatic heterocycles. The van der Waals surface area contributed by atoms with E-state index < -0.39 is 0 Å². The van der Waals surface area contributed by atoms with Crippen molar-refractivity contribution in [2.75, 3.05) is 18.9 Å². The van der Waals surface area contributed by atoms with Crippen LogP contribution in [0.1, 0.15) is 0 Å². The Kier molecular flexibility index (Phi) is 2.48. The Balaban J connectivity index is 2.11. The van der Waals surface area contributed by atoms with Gasteiger partial charge in [0.05, 0.1) is 0 Å². The van der Waals surface area contributed by atoms with Gasteiger partial charge in [0.2, 0.25) is 0 Å². The molecule has 88 valence electrons. The van der Waals surface area contributed by atoms with Crippen molar-refractivity contribution < 1.29 is 13.9 Å². The van der Waals surface area contributed by atoms with Gasteiger partial charge in [-0.1, -0.05) is 0 Å². The molecule has 17 heavy (non-hydrogen) atoms. The second-order valence-electron chi connectivity index (χ2n) is 3.69. The van der Waals surface area contributed by atoms with Crippen molar-refractivity contribution in [2.45, 2.75) is 0 Å². The molecule has 0 atom stereocenters. The minimum Gasteiger partial charge on any atom is -0.486 e. The molecular weight excluding hydrogens is 286 g/mol. The maximum atomic E-state index is 5.98. The van der Waals surface area contributed by atoms with E-state index in [0.29, 0.717) is 40.8 Å². The molecule has 3 rings (SSSR count). The van der Waals surface area contributed by atoms with E-state index in [1.165, 1.54) is 0 Å². The molecule has 0 bridgehead atoms. The number of hydrogen-bond donors (Lipinski definition) is 1. The zero-order valence-electron chi connectivity index (χ0n) is 8.90. The zero-order chi connectivity index (χ0) is 11.8. The summed E-state index contributed by atoms with van der Waals surface area (Å²) in [7, 11) is 0. The lowest BCUT2D eigenvalue weighted by molar-refractivity contribution is 0.172. The number of hydrogen-bond acceptors (Lipinski definition) is 4. The van der Waals surface area contributed by atoms with Crippen molar-refractivity contribution in [3.8, 4) is 22.8 Å². The van der Waals surface area contributed by atoms with Crippen molar-refractivity contribution in [3.05, 3.63) is 28.9 Å². The molecule has 0 unspecified atom stereocenters. The van der Waals surface area contributed by atoms with Gasteiger partial charge in [-0.2, -0.15) is 0 Å². The summed E-state index contributed by atoms with van der Waals surface area (Å²) in [5, 5.41) is 0. The summed E-state index contributed by atoms with van der Waals surface area (Å²) in [4.78, 5) is 0. The Morgan fingerprint density at radius 2 is 1.76 bits per heavy atom. The lowest BCUT2D eigenvalue weighted by atomic mass is 10.1. The lowest BCUT2D eigenvalue weighted by Crippen LogP contribution is -2.15. The number of nitrogen functional groups attached to an aromatic ring is 1. The van der Waals surface area contributed by atoms with Crippen molar-refractivity contribution in [1.29, 1.82) is 0 Å². The first-order chi connectivity index (χ1) is 8.24. The number of nitrogens with two attached hydrogens (primary N) is 1. The van der Waals surface area contributed by atoms with E-state index in [4.69, 9.17) is 19.6 Å². The number of benzene rings is 1. The lowest BCUT2D eigenvalue weighted by Gasteiger charge is -2.19. The van der Waals surface area contributed by atoms with Crippen LogP contribution in [0.4, 0.5) is 5.69 Å². The second-order valence-corrected chi connectivity index (χ2v) is 4.47. The molecule has 0 radical (unpaired) electrons.